The SMILES string of the molecule is COC(=O)CCC(=O)NCCc1c[nH]c2ccccc12. The predicted molar refractivity (Wildman–Crippen MR) is 76.3 cm³/mol. The number of benzene rings is 1. The highest BCUT2D eigenvalue weighted by Crippen LogP contribution is 2.17. The zero-order chi connectivity index (χ0) is 14.4. The minimum atomic E-state index is -0.364. The van der Waals surface area contributed by atoms with Crippen molar-refractivity contribution in [3.63, 3.8) is 0 Å². The van der Waals surface area contributed by atoms with Crippen LogP contribution in [0.1, 0.15) is 18.4 Å². The number of nitrogens with one attached hydrogen (secondary N) is 2. The molecule has 20 heavy (non-hydrogen) atoms. The molecule has 0 radical (unpaired) electrons. The van der Waals surface area contributed by atoms with Crippen LogP contribution in [0.3, 0.4) is 0 Å². The maximum atomic E-state index is 11.5. The molecule has 2 N–H and O–H groups in total. The van der Waals surface area contributed by atoms with Crippen LogP contribution in [0.2, 0.25) is 0 Å². The Hall–Kier alpha value is -2.30. The molecule has 0 atom stereocenters. The van der Waals surface area contributed by atoms with E-state index in [1.807, 2.05) is 24.4 Å². The average Bonchev–Trinajstić information content (AvgIpc) is 2.88. The molecule has 0 saturated carbocycles. The van der Waals surface area contributed by atoms with Crippen LogP contribution in [0, 0.1) is 0 Å². The van der Waals surface area contributed by atoms with Crippen LogP contribution in [-0.2, 0) is 20.7 Å². The Balaban J connectivity index is 1.78. The Morgan fingerprint density at radius 1 is 1.25 bits per heavy atom. The van der Waals surface area contributed by atoms with E-state index in [9.17, 15) is 9.59 Å². The standard InChI is InChI=1S/C15H18N2O3/c1-20-15(19)7-6-14(18)16-9-8-11-10-17-13-5-3-2-4-12(11)13/h2-5,10,17H,6-9H2,1H3,(H,16,18). The molecule has 2 aromatic rings. The Bertz CT molecular complexity index is 604. The number of ether oxygens (including phenoxy) is 1. The van der Waals surface area contributed by atoms with Crippen molar-refractivity contribution in [1.82, 2.24) is 10.3 Å². The Morgan fingerprint density at radius 2 is 2.05 bits per heavy atom. The molecular weight excluding hydrogens is 256 g/mol. The third-order valence-electron chi connectivity index (χ3n) is 3.18. The summed E-state index contributed by atoms with van der Waals surface area (Å²) >= 11 is 0. The molecule has 0 fully saturated rings. The van der Waals surface area contributed by atoms with E-state index in [4.69, 9.17) is 0 Å². The molecule has 0 aliphatic carbocycles. The maximum absolute atomic E-state index is 11.5. The number of carbonyl (C=O) groups excluding carboxylic acids is 2. The summed E-state index contributed by atoms with van der Waals surface area (Å²) in [6.45, 7) is 0.557. The van der Waals surface area contributed by atoms with Crippen molar-refractivity contribution in [1.29, 1.82) is 0 Å². The highest BCUT2D eigenvalue weighted by atomic mass is 16.5. The molecule has 1 heterocycles. The van der Waals surface area contributed by atoms with Crippen molar-refractivity contribution in [2.24, 2.45) is 0 Å². The fourth-order valence-corrected chi connectivity index (χ4v) is 2.08. The zero-order valence-electron chi connectivity index (χ0n) is 11.4. The normalized spacial score (nSPS) is 10.4. The summed E-state index contributed by atoms with van der Waals surface area (Å²) < 4.78 is 4.49. The Labute approximate surface area is 117 Å². The minimum absolute atomic E-state index is 0.120. The summed E-state index contributed by atoms with van der Waals surface area (Å²) in [5.41, 5.74) is 2.27. The molecule has 0 spiro atoms. The molecule has 5 heteroatoms. The van der Waals surface area contributed by atoms with Gasteiger partial charge in [-0.1, -0.05) is 18.2 Å². The van der Waals surface area contributed by atoms with Crippen LogP contribution in [-0.4, -0.2) is 30.5 Å². The molecule has 106 valence electrons. The van der Waals surface area contributed by atoms with Gasteiger partial charge in [-0.25, -0.2) is 0 Å². The molecule has 0 bridgehead atoms. The van der Waals surface area contributed by atoms with Crippen LogP contribution >= 0.6 is 0 Å². The summed E-state index contributed by atoms with van der Waals surface area (Å²) in [5, 5.41) is 3.98. The lowest BCUT2D eigenvalue weighted by Crippen LogP contribution is -2.26. The van der Waals surface area contributed by atoms with E-state index in [1.54, 1.807) is 0 Å². The second-order valence-corrected chi connectivity index (χ2v) is 4.54. The predicted octanol–water partition coefficient (Wildman–Crippen LogP) is 1.78. The first-order chi connectivity index (χ1) is 9.70. The van der Waals surface area contributed by atoms with Gasteiger partial charge in [-0.15, -0.1) is 0 Å². The lowest BCUT2D eigenvalue weighted by atomic mass is 10.1. The summed E-state index contributed by atoms with van der Waals surface area (Å²) in [6.07, 6.45) is 3.01. The fraction of sp³-hybridized carbons (Fsp3) is 0.333. The number of rotatable bonds is 6. The van der Waals surface area contributed by atoms with E-state index in [0.29, 0.717) is 6.54 Å². The van der Waals surface area contributed by atoms with Crippen molar-refractivity contribution in [2.45, 2.75) is 19.3 Å². The number of methoxy groups -OCH3 is 1. The van der Waals surface area contributed by atoms with Crippen molar-refractivity contribution in [2.75, 3.05) is 13.7 Å². The first kappa shape index (κ1) is 14.1. The zero-order valence-corrected chi connectivity index (χ0v) is 11.4. The second-order valence-electron chi connectivity index (χ2n) is 4.54. The first-order valence-corrected chi connectivity index (χ1v) is 6.59. The number of aromatic amines is 1. The minimum Gasteiger partial charge on any atom is -0.469 e. The molecule has 1 aromatic heterocycles. The number of H-pyrrole nitrogens is 1. The number of hydrogen-bond donors (Lipinski definition) is 2. The van der Waals surface area contributed by atoms with Crippen molar-refractivity contribution < 1.29 is 14.3 Å². The molecule has 0 unspecified atom stereocenters. The monoisotopic (exact) mass is 274 g/mol. The number of fused-ring (bicyclic) bond motifs is 1. The topological polar surface area (TPSA) is 71.2 Å². The van der Waals surface area contributed by atoms with Gasteiger partial charge < -0.3 is 15.0 Å². The number of amides is 1. The van der Waals surface area contributed by atoms with Gasteiger partial charge in [0.25, 0.3) is 0 Å². The number of aromatic nitrogens is 1. The van der Waals surface area contributed by atoms with Gasteiger partial charge in [0.05, 0.1) is 13.5 Å². The number of esters is 1. The van der Waals surface area contributed by atoms with Crippen LogP contribution in [0.25, 0.3) is 10.9 Å². The van der Waals surface area contributed by atoms with Gasteiger partial charge in [-0.2, -0.15) is 0 Å². The Morgan fingerprint density at radius 3 is 2.85 bits per heavy atom. The quantitative estimate of drug-likeness (QED) is 0.789. The van der Waals surface area contributed by atoms with E-state index in [2.05, 4.69) is 21.1 Å². The van der Waals surface area contributed by atoms with Crippen molar-refractivity contribution in [3.8, 4) is 0 Å². The molecule has 1 aromatic carbocycles. The lowest BCUT2D eigenvalue weighted by molar-refractivity contribution is -0.142. The van der Waals surface area contributed by atoms with Crippen LogP contribution in [0.5, 0.6) is 0 Å². The summed E-state index contributed by atoms with van der Waals surface area (Å²) in [7, 11) is 1.32. The van der Waals surface area contributed by atoms with Gasteiger partial charge in [0.15, 0.2) is 0 Å². The van der Waals surface area contributed by atoms with E-state index < -0.39 is 0 Å². The van der Waals surface area contributed by atoms with Gasteiger partial charge in [0.2, 0.25) is 5.91 Å². The lowest BCUT2D eigenvalue weighted by Gasteiger charge is -2.04. The van der Waals surface area contributed by atoms with Gasteiger partial charge in [0.1, 0.15) is 0 Å². The number of para-hydroxylation sites is 1. The molecule has 0 aliphatic heterocycles. The molecule has 1 amide bonds. The van der Waals surface area contributed by atoms with E-state index in [-0.39, 0.29) is 24.7 Å². The second kappa shape index (κ2) is 6.75. The van der Waals surface area contributed by atoms with Gasteiger partial charge in [-0.3, -0.25) is 9.59 Å². The summed E-state index contributed by atoms with van der Waals surface area (Å²) in [6, 6.07) is 8.06. The smallest absolute Gasteiger partial charge is 0.306 e. The summed E-state index contributed by atoms with van der Waals surface area (Å²) in [5.74, 6) is -0.494. The molecular formula is C15H18N2O3. The third-order valence-corrected chi connectivity index (χ3v) is 3.18. The molecule has 5 nitrogen and oxygen atoms in total. The van der Waals surface area contributed by atoms with E-state index in [0.717, 1.165) is 11.9 Å². The van der Waals surface area contributed by atoms with Gasteiger partial charge in [0, 0.05) is 30.1 Å². The molecule has 0 aliphatic rings. The van der Waals surface area contributed by atoms with Crippen molar-refractivity contribution >= 4 is 22.8 Å². The largest absolute Gasteiger partial charge is 0.469 e. The molecule has 0 saturated heterocycles. The highest BCUT2D eigenvalue weighted by molar-refractivity contribution is 5.83. The average molecular weight is 274 g/mol. The Kier molecular flexibility index (Phi) is 4.76. The maximum Gasteiger partial charge on any atom is 0.306 e. The number of hydrogen-bond acceptors (Lipinski definition) is 3. The molecule has 2 rings (SSSR count). The van der Waals surface area contributed by atoms with Gasteiger partial charge in [-0.05, 0) is 18.1 Å². The van der Waals surface area contributed by atoms with Crippen molar-refractivity contribution in [3.05, 3.63) is 36.0 Å². The highest BCUT2D eigenvalue weighted by Gasteiger charge is 2.07. The van der Waals surface area contributed by atoms with Crippen LogP contribution < -0.4 is 5.32 Å². The first-order valence-electron chi connectivity index (χ1n) is 6.59. The van der Waals surface area contributed by atoms with Crippen LogP contribution in [0.15, 0.2) is 30.5 Å². The van der Waals surface area contributed by atoms with Gasteiger partial charge >= 0.3 is 5.97 Å². The van der Waals surface area contributed by atoms with E-state index in [1.165, 1.54) is 18.1 Å². The third kappa shape index (κ3) is 3.60. The van der Waals surface area contributed by atoms with E-state index >= 15 is 0 Å². The fourth-order valence-electron chi connectivity index (χ4n) is 2.08. The van der Waals surface area contributed by atoms with Crippen LogP contribution in [0.4, 0.5) is 0 Å². The number of carbonyl (C=O) groups is 2. The summed E-state index contributed by atoms with van der Waals surface area (Å²) in [4.78, 5) is 25.6.